The van der Waals surface area contributed by atoms with Crippen LogP contribution in [-0.4, -0.2) is 69.3 Å². The summed E-state index contributed by atoms with van der Waals surface area (Å²) in [7, 11) is -6.49. The monoisotopic (exact) mass is 656 g/mol. The predicted octanol–water partition coefficient (Wildman–Crippen LogP) is 3.95. The van der Waals surface area contributed by atoms with Crippen molar-refractivity contribution in [2.45, 2.75) is 82.3 Å². The molecule has 1 fully saturated rings. The second-order valence-corrected chi connectivity index (χ2v) is 22.7. The van der Waals surface area contributed by atoms with Crippen molar-refractivity contribution in [1.82, 2.24) is 0 Å². The third-order valence-corrected chi connectivity index (χ3v) is 19.3. The average molecular weight is 657 g/mol. The molecule has 4 aromatic rings. The van der Waals surface area contributed by atoms with Gasteiger partial charge >= 0.3 is 0 Å². The maximum absolute atomic E-state index is 12.0. The van der Waals surface area contributed by atoms with E-state index < -0.39 is 64.0 Å². The Morgan fingerprint density at radius 3 is 1.13 bits per heavy atom. The molecule has 8 heteroatoms. The van der Waals surface area contributed by atoms with E-state index in [0.717, 1.165) is 20.7 Å². The third-order valence-electron chi connectivity index (χ3n) is 9.28. The Bertz CT molecular complexity index is 1440. The van der Waals surface area contributed by atoms with Gasteiger partial charge in [0.2, 0.25) is 0 Å². The molecule has 0 bridgehead atoms. The summed E-state index contributed by atoms with van der Waals surface area (Å²) >= 11 is 0. The Balaban J connectivity index is 1.75. The first kappa shape index (κ1) is 34.4. The molecule has 46 heavy (non-hydrogen) atoms. The van der Waals surface area contributed by atoms with Gasteiger partial charge in [-0.3, -0.25) is 0 Å². The second-order valence-electron chi connectivity index (χ2n) is 14.2. The van der Waals surface area contributed by atoms with Crippen LogP contribution in [0.4, 0.5) is 0 Å². The third kappa shape index (κ3) is 6.21. The number of aliphatic hydroxyl groups excluding tert-OH is 3. The number of hydrogen-bond acceptors (Lipinski definition) is 6. The van der Waals surface area contributed by atoms with Crippen molar-refractivity contribution in [3.8, 4) is 0 Å². The molecule has 1 aliphatic heterocycles. The van der Waals surface area contributed by atoms with Gasteiger partial charge in [-0.25, -0.2) is 0 Å². The highest BCUT2D eigenvalue weighted by molar-refractivity contribution is 7.00. The Kier molecular flexibility index (Phi) is 10.2. The fourth-order valence-electron chi connectivity index (χ4n) is 7.11. The molecular weight excluding hydrogens is 609 g/mol. The summed E-state index contributed by atoms with van der Waals surface area (Å²) in [6, 6.07) is 40.7. The number of benzene rings is 4. The highest BCUT2D eigenvalue weighted by Gasteiger charge is 2.60. The van der Waals surface area contributed by atoms with Gasteiger partial charge in [-0.15, -0.1) is 0 Å². The predicted molar refractivity (Wildman–Crippen MR) is 189 cm³/mol. The van der Waals surface area contributed by atoms with Crippen LogP contribution >= 0.6 is 0 Å². The van der Waals surface area contributed by atoms with Crippen LogP contribution in [-0.2, 0) is 13.6 Å². The van der Waals surface area contributed by atoms with E-state index in [0.29, 0.717) is 0 Å². The maximum Gasteiger partial charge on any atom is 0.261 e. The highest BCUT2D eigenvalue weighted by atomic mass is 28.4. The van der Waals surface area contributed by atoms with Gasteiger partial charge in [-0.1, -0.05) is 163 Å². The zero-order valence-corrected chi connectivity index (χ0v) is 29.7. The van der Waals surface area contributed by atoms with E-state index in [9.17, 15) is 15.3 Å². The molecule has 0 spiro atoms. The molecule has 0 aromatic heterocycles. The van der Waals surface area contributed by atoms with Crippen LogP contribution in [0.2, 0.25) is 10.1 Å². The summed E-state index contributed by atoms with van der Waals surface area (Å²) < 4.78 is 20.9. The molecule has 244 valence electrons. The lowest BCUT2D eigenvalue weighted by molar-refractivity contribution is -0.279. The van der Waals surface area contributed by atoms with Gasteiger partial charge in [0.1, 0.15) is 24.4 Å². The van der Waals surface area contributed by atoms with Crippen molar-refractivity contribution in [1.29, 1.82) is 0 Å². The second kappa shape index (κ2) is 13.7. The molecule has 0 saturated carbocycles. The van der Waals surface area contributed by atoms with E-state index in [1.165, 1.54) is 0 Å². The van der Waals surface area contributed by atoms with Crippen LogP contribution in [0.3, 0.4) is 0 Å². The van der Waals surface area contributed by atoms with Gasteiger partial charge in [0.25, 0.3) is 16.6 Å². The Hall–Kier alpha value is -2.93. The molecular formula is C38H48O6Si2. The summed E-state index contributed by atoms with van der Waals surface area (Å²) in [5, 5.41) is 37.5. The SMILES string of the molecule is CC(C)(C)[Si](O[C@@H]1[C@@H](O[Si](c2ccccc2)(c2ccccc2)C(C)(C)C)[C@H](O)[C@@H](CO)O[C@H]1O)(c1ccccc1)c1ccccc1. The van der Waals surface area contributed by atoms with Crippen LogP contribution < -0.4 is 20.7 Å². The lowest BCUT2D eigenvalue weighted by Crippen LogP contribution is -2.75. The molecule has 3 N–H and O–H groups in total. The summed E-state index contributed by atoms with van der Waals surface area (Å²) in [5.41, 5.74) is 0. The van der Waals surface area contributed by atoms with E-state index >= 15 is 0 Å². The van der Waals surface area contributed by atoms with E-state index in [4.69, 9.17) is 13.6 Å². The van der Waals surface area contributed by atoms with Crippen molar-refractivity contribution in [3.63, 3.8) is 0 Å². The number of hydrogen-bond donors (Lipinski definition) is 3. The van der Waals surface area contributed by atoms with E-state index in [1.54, 1.807) is 0 Å². The van der Waals surface area contributed by atoms with Crippen LogP contribution in [0.15, 0.2) is 121 Å². The number of aliphatic hydroxyl groups is 3. The Morgan fingerprint density at radius 1 is 0.543 bits per heavy atom. The van der Waals surface area contributed by atoms with Crippen LogP contribution in [0.25, 0.3) is 0 Å². The Labute approximate surface area is 275 Å². The summed E-state index contributed by atoms with van der Waals surface area (Å²) in [6.07, 6.45) is -5.92. The summed E-state index contributed by atoms with van der Waals surface area (Å²) in [5.74, 6) is 0. The first-order valence-corrected chi connectivity index (χ1v) is 19.9. The normalized spacial score (nSPS) is 22.8. The fraction of sp³-hybridized carbons (Fsp3) is 0.368. The first-order chi connectivity index (χ1) is 21.9. The molecule has 1 aliphatic rings. The van der Waals surface area contributed by atoms with E-state index in [1.807, 2.05) is 72.8 Å². The quantitative estimate of drug-likeness (QED) is 0.237. The molecule has 0 unspecified atom stereocenters. The minimum absolute atomic E-state index is 0.407. The number of rotatable bonds is 9. The molecule has 0 aliphatic carbocycles. The first-order valence-electron chi connectivity index (χ1n) is 16.1. The Morgan fingerprint density at radius 2 is 0.848 bits per heavy atom. The van der Waals surface area contributed by atoms with Gasteiger partial charge in [-0.05, 0) is 30.8 Å². The van der Waals surface area contributed by atoms with Crippen LogP contribution in [0.1, 0.15) is 41.5 Å². The molecule has 6 nitrogen and oxygen atoms in total. The summed E-state index contributed by atoms with van der Waals surface area (Å²) in [4.78, 5) is 0. The molecule has 5 atom stereocenters. The standard InChI is InChI=1S/C38H48O6Si2/c1-37(2,3)45(28-19-11-7-12-20-28,29-21-13-8-14-22-29)43-34-33(40)32(27-39)42-36(41)35(34)44-46(38(4,5)6,30-23-15-9-16-24-30)31-25-17-10-18-26-31/h7-26,32-36,39-41H,27H2,1-6H3/t32-,33-,34+,35-,36-/m1/s1. The zero-order chi connectivity index (χ0) is 33.2. The van der Waals surface area contributed by atoms with Crippen molar-refractivity contribution < 1.29 is 28.9 Å². The van der Waals surface area contributed by atoms with Gasteiger partial charge < -0.3 is 28.9 Å². The summed E-state index contributed by atoms with van der Waals surface area (Å²) in [6.45, 7) is 12.5. The van der Waals surface area contributed by atoms with Crippen molar-refractivity contribution >= 4 is 37.4 Å². The van der Waals surface area contributed by atoms with Crippen LogP contribution in [0, 0.1) is 0 Å². The zero-order valence-electron chi connectivity index (χ0n) is 27.7. The molecule has 5 rings (SSSR count). The van der Waals surface area contributed by atoms with Crippen LogP contribution in [0.5, 0.6) is 0 Å². The molecule has 0 radical (unpaired) electrons. The van der Waals surface area contributed by atoms with E-state index in [-0.39, 0.29) is 0 Å². The minimum Gasteiger partial charge on any atom is -0.399 e. The van der Waals surface area contributed by atoms with Crippen molar-refractivity contribution in [2.75, 3.05) is 6.61 Å². The molecule has 1 heterocycles. The minimum atomic E-state index is -3.24. The van der Waals surface area contributed by atoms with Crippen molar-refractivity contribution in [3.05, 3.63) is 121 Å². The van der Waals surface area contributed by atoms with Gasteiger partial charge in [0, 0.05) is 0 Å². The average Bonchev–Trinajstić information content (AvgIpc) is 3.05. The number of ether oxygens (including phenoxy) is 1. The highest BCUT2D eigenvalue weighted by Crippen LogP contribution is 2.43. The lowest BCUT2D eigenvalue weighted by Gasteiger charge is -2.53. The van der Waals surface area contributed by atoms with Crippen molar-refractivity contribution in [2.24, 2.45) is 0 Å². The van der Waals surface area contributed by atoms with Gasteiger partial charge in [0.05, 0.1) is 6.61 Å². The fourth-order valence-corrected chi connectivity index (χ4v) is 16.5. The smallest absolute Gasteiger partial charge is 0.261 e. The van der Waals surface area contributed by atoms with E-state index in [2.05, 4.69) is 90.1 Å². The largest absolute Gasteiger partial charge is 0.399 e. The van der Waals surface area contributed by atoms with Gasteiger partial charge in [-0.2, -0.15) is 0 Å². The molecule has 4 aromatic carbocycles. The lowest BCUT2D eigenvalue weighted by atomic mass is 9.99. The molecule has 1 saturated heterocycles. The maximum atomic E-state index is 12.0. The topological polar surface area (TPSA) is 88.4 Å². The van der Waals surface area contributed by atoms with Gasteiger partial charge in [0.15, 0.2) is 6.29 Å². The molecule has 0 amide bonds.